The average molecular weight is 190 g/mol. The number of rotatable bonds is 4. The Morgan fingerprint density at radius 2 is 2.36 bits per heavy atom. The Hall–Kier alpha value is -1.11. The number of carbonyl (C=O) groups excluding carboxylic acids is 1. The standard InChI is InChI=1S/C13H18O/c1-11(2)10-13-7-5-12(6-8-13)4-3-9-14/h3-5,7-9,11-12H,6,10H2,1-2H3/b4-3+. The Kier molecular flexibility index (Phi) is 4.37. The van der Waals surface area contributed by atoms with Crippen molar-refractivity contribution in [3.05, 3.63) is 36.0 Å². The second-order valence-corrected chi connectivity index (χ2v) is 4.16. The summed E-state index contributed by atoms with van der Waals surface area (Å²) in [5.74, 6) is 1.13. The number of hydrogen-bond donors (Lipinski definition) is 0. The zero-order valence-electron chi connectivity index (χ0n) is 8.94. The van der Waals surface area contributed by atoms with Crippen LogP contribution in [0.25, 0.3) is 0 Å². The fraction of sp³-hybridized carbons (Fsp3) is 0.462. The lowest BCUT2D eigenvalue weighted by Crippen LogP contribution is -1.98. The third kappa shape index (κ3) is 3.73. The van der Waals surface area contributed by atoms with E-state index in [0.717, 1.165) is 19.1 Å². The number of carbonyl (C=O) groups is 1. The molecule has 1 rings (SSSR count). The van der Waals surface area contributed by atoms with E-state index >= 15 is 0 Å². The molecule has 0 heterocycles. The van der Waals surface area contributed by atoms with E-state index in [1.807, 2.05) is 6.08 Å². The van der Waals surface area contributed by atoms with Crippen LogP contribution in [-0.4, -0.2) is 6.29 Å². The molecule has 1 aliphatic rings. The van der Waals surface area contributed by atoms with Crippen molar-refractivity contribution in [2.24, 2.45) is 11.8 Å². The monoisotopic (exact) mass is 190 g/mol. The van der Waals surface area contributed by atoms with Crippen LogP contribution in [0.3, 0.4) is 0 Å². The van der Waals surface area contributed by atoms with Crippen LogP contribution in [0, 0.1) is 11.8 Å². The summed E-state index contributed by atoms with van der Waals surface area (Å²) in [7, 11) is 0. The van der Waals surface area contributed by atoms with Crippen LogP contribution in [0.5, 0.6) is 0 Å². The number of aldehydes is 1. The Labute approximate surface area is 86.2 Å². The van der Waals surface area contributed by atoms with Gasteiger partial charge in [0, 0.05) is 0 Å². The van der Waals surface area contributed by atoms with Gasteiger partial charge < -0.3 is 0 Å². The lowest BCUT2D eigenvalue weighted by Gasteiger charge is -2.13. The molecule has 0 fully saturated rings. The second kappa shape index (κ2) is 5.58. The largest absolute Gasteiger partial charge is 0.299 e. The van der Waals surface area contributed by atoms with Crippen LogP contribution < -0.4 is 0 Å². The molecule has 0 N–H and O–H groups in total. The van der Waals surface area contributed by atoms with Crippen molar-refractivity contribution in [3.63, 3.8) is 0 Å². The van der Waals surface area contributed by atoms with Crippen molar-refractivity contribution in [2.45, 2.75) is 26.7 Å². The molecule has 0 radical (unpaired) electrons. The zero-order valence-corrected chi connectivity index (χ0v) is 8.94. The predicted octanol–water partition coefficient (Wildman–Crippen LogP) is 3.29. The average Bonchev–Trinajstić information content (AvgIpc) is 2.16. The second-order valence-electron chi connectivity index (χ2n) is 4.16. The van der Waals surface area contributed by atoms with E-state index in [2.05, 4.69) is 32.1 Å². The first-order chi connectivity index (χ1) is 6.72. The van der Waals surface area contributed by atoms with Crippen LogP contribution in [0.1, 0.15) is 26.7 Å². The minimum atomic E-state index is 0.413. The fourth-order valence-electron chi connectivity index (χ4n) is 1.63. The van der Waals surface area contributed by atoms with Crippen molar-refractivity contribution < 1.29 is 4.79 Å². The maximum atomic E-state index is 10.1. The summed E-state index contributed by atoms with van der Waals surface area (Å²) in [6, 6.07) is 0. The summed E-state index contributed by atoms with van der Waals surface area (Å²) in [5.41, 5.74) is 1.43. The molecule has 0 bridgehead atoms. The van der Waals surface area contributed by atoms with Gasteiger partial charge in [-0.05, 0) is 30.8 Å². The molecule has 0 aliphatic heterocycles. The maximum absolute atomic E-state index is 10.1. The van der Waals surface area contributed by atoms with Crippen molar-refractivity contribution in [1.29, 1.82) is 0 Å². The van der Waals surface area contributed by atoms with Crippen LogP contribution in [0.2, 0.25) is 0 Å². The van der Waals surface area contributed by atoms with E-state index in [0.29, 0.717) is 11.8 Å². The molecule has 14 heavy (non-hydrogen) atoms. The summed E-state index contributed by atoms with van der Waals surface area (Å²) in [6.45, 7) is 4.46. The molecule has 1 nitrogen and oxygen atoms in total. The first-order valence-electron chi connectivity index (χ1n) is 5.21. The normalized spacial score (nSPS) is 21.6. The first-order valence-corrected chi connectivity index (χ1v) is 5.21. The van der Waals surface area contributed by atoms with Crippen LogP contribution in [0.4, 0.5) is 0 Å². The van der Waals surface area contributed by atoms with E-state index < -0.39 is 0 Å². The molecule has 1 aliphatic carbocycles. The van der Waals surface area contributed by atoms with E-state index in [9.17, 15) is 4.79 Å². The van der Waals surface area contributed by atoms with Crippen LogP contribution >= 0.6 is 0 Å². The third-order valence-electron chi connectivity index (χ3n) is 2.29. The Morgan fingerprint density at radius 3 is 2.86 bits per heavy atom. The summed E-state index contributed by atoms with van der Waals surface area (Å²) < 4.78 is 0. The predicted molar refractivity (Wildman–Crippen MR) is 60.0 cm³/mol. The van der Waals surface area contributed by atoms with E-state index in [1.165, 1.54) is 5.57 Å². The summed E-state index contributed by atoms with van der Waals surface area (Å²) in [6.07, 6.45) is 13.2. The van der Waals surface area contributed by atoms with Gasteiger partial charge in [0.15, 0.2) is 0 Å². The number of hydrogen-bond acceptors (Lipinski definition) is 1. The molecule has 0 saturated carbocycles. The zero-order chi connectivity index (χ0) is 10.4. The van der Waals surface area contributed by atoms with Crippen LogP contribution in [0.15, 0.2) is 36.0 Å². The molecule has 76 valence electrons. The van der Waals surface area contributed by atoms with Crippen LogP contribution in [-0.2, 0) is 4.79 Å². The molecule has 0 saturated heterocycles. The van der Waals surface area contributed by atoms with Gasteiger partial charge in [-0.3, -0.25) is 4.79 Å². The lowest BCUT2D eigenvalue weighted by atomic mass is 9.92. The van der Waals surface area contributed by atoms with Gasteiger partial charge in [0.25, 0.3) is 0 Å². The van der Waals surface area contributed by atoms with Crippen molar-refractivity contribution in [2.75, 3.05) is 0 Å². The minimum Gasteiger partial charge on any atom is -0.299 e. The molecule has 1 atom stereocenters. The topological polar surface area (TPSA) is 17.1 Å². The molecular formula is C13H18O. The van der Waals surface area contributed by atoms with Crippen molar-refractivity contribution in [1.82, 2.24) is 0 Å². The Morgan fingerprint density at radius 1 is 1.57 bits per heavy atom. The smallest absolute Gasteiger partial charge is 0.142 e. The van der Waals surface area contributed by atoms with E-state index in [1.54, 1.807) is 6.08 Å². The molecule has 0 amide bonds. The van der Waals surface area contributed by atoms with Gasteiger partial charge in [0.1, 0.15) is 6.29 Å². The van der Waals surface area contributed by atoms with Gasteiger partial charge in [-0.15, -0.1) is 0 Å². The molecule has 0 spiro atoms. The van der Waals surface area contributed by atoms with Gasteiger partial charge in [-0.1, -0.05) is 43.7 Å². The number of allylic oxidation sites excluding steroid dienone is 6. The highest BCUT2D eigenvalue weighted by atomic mass is 16.1. The fourth-order valence-corrected chi connectivity index (χ4v) is 1.63. The Bertz CT molecular complexity index is 269. The van der Waals surface area contributed by atoms with Gasteiger partial charge >= 0.3 is 0 Å². The van der Waals surface area contributed by atoms with Crippen molar-refractivity contribution >= 4 is 6.29 Å². The SMILES string of the molecule is CC(C)CC1=CCC(/C=C/C=O)C=C1. The van der Waals surface area contributed by atoms with E-state index in [4.69, 9.17) is 0 Å². The summed E-state index contributed by atoms with van der Waals surface area (Å²) in [5, 5.41) is 0. The third-order valence-corrected chi connectivity index (χ3v) is 2.29. The van der Waals surface area contributed by atoms with Crippen molar-refractivity contribution in [3.8, 4) is 0 Å². The quantitative estimate of drug-likeness (QED) is 0.491. The van der Waals surface area contributed by atoms with Gasteiger partial charge in [0.2, 0.25) is 0 Å². The van der Waals surface area contributed by atoms with Gasteiger partial charge in [0.05, 0.1) is 0 Å². The van der Waals surface area contributed by atoms with Gasteiger partial charge in [-0.2, -0.15) is 0 Å². The summed E-state index contributed by atoms with van der Waals surface area (Å²) >= 11 is 0. The molecule has 1 unspecified atom stereocenters. The molecule has 0 aromatic heterocycles. The minimum absolute atomic E-state index is 0.413. The summed E-state index contributed by atoms with van der Waals surface area (Å²) in [4.78, 5) is 10.1. The molecule has 1 heteroatoms. The molecule has 0 aromatic carbocycles. The maximum Gasteiger partial charge on any atom is 0.142 e. The van der Waals surface area contributed by atoms with Gasteiger partial charge in [-0.25, -0.2) is 0 Å². The highest BCUT2D eigenvalue weighted by molar-refractivity contribution is 5.64. The molecular weight excluding hydrogens is 172 g/mol. The highest BCUT2D eigenvalue weighted by Gasteiger charge is 2.06. The first kappa shape index (κ1) is 11.0. The Balaban J connectivity index is 2.44. The molecule has 0 aromatic rings. The lowest BCUT2D eigenvalue weighted by molar-refractivity contribution is -0.104. The van der Waals surface area contributed by atoms with E-state index in [-0.39, 0.29) is 0 Å². The highest BCUT2D eigenvalue weighted by Crippen LogP contribution is 2.21.